The molecule has 3 aromatic rings. The number of nitrogens with zero attached hydrogens (tertiary/aromatic N) is 1. The van der Waals surface area contributed by atoms with E-state index in [0.717, 1.165) is 22.2 Å². The number of benzene rings is 2. The van der Waals surface area contributed by atoms with Crippen LogP contribution in [0.4, 0.5) is 0 Å². The normalized spacial score (nSPS) is 10.6. The molecule has 1 aromatic heterocycles. The summed E-state index contributed by atoms with van der Waals surface area (Å²) in [6.45, 7) is 0. The quantitative estimate of drug-likeness (QED) is 0.678. The molecule has 3 nitrogen and oxygen atoms in total. The largest absolute Gasteiger partial charge is 0.488 e. The fourth-order valence-corrected chi connectivity index (χ4v) is 2.06. The molecule has 19 heavy (non-hydrogen) atoms. The van der Waals surface area contributed by atoms with E-state index in [1.165, 1.54) is 0 Å². The SMILES string of the molecule is OB(O)c1ccc2ccc(-c3ccccc3)nc2c1. The van der Waals surface area contributed by atoms with Crippen LogP contribution in [0, 0.1) is 0 Å². The molecule has 2 aromatic carbocycles. The van der Waals surface area contributed by atoms with E-state index in [9.17, 15) is 10.0 Å². The predicted octanol–water partition coefficient (Wildman–Crippen LogP) is 1.58. The van der Waals surface area contributed by atoms with Gasteiger partial charge in [-0.05, 0) is 17.6 Å². The Balaban J connectivity index is 2.14. The summed E-state index contributed by atoms with van der Waals surface area (Å²) in [4.78, 5) is 4.57. The molecule has 3 rings (SSSR count). The minimum atomic E-state index is -1.47. The van der Waals surface area contributed by atoms with E-state index in [4.69, 9.17) is 0 Å². The molecule has 0 saturated heterocycles. The summed E-state index contributed by atoms with van der Waals surface area (Å²) in [5, 5.41) is 19.4. The van der Waals surface area contributed by atoms with Crippen LogP contribution in [0.1, 0.15) is 0 Å². The number of fused-ring (bicyclic) bond motifs is 1. The fourth-order valence-electron chi connectivity index (χ4n) is 2.06. The van der Waals surface area contributed by atoms with Crippen molar-refractivity contribution < 1.29 is 10.0 Å². The maximum Gasteiger partial charge on any atom is 0.488 e. The molecule has 0 bridgehead atoms. The van der Waals surface area contributed by atoms with Gasteiger partial charge in [0.05, 0.1) is 11.2 Å². The summed E-state index contributed by atoms with van der Waals surface area (Å²) in [5.74, 6) is 0. The summed E-state index contributed by atoms with van der Waals surface area (Å²) < 4.78 is 0. The predicted molar refractivity (Wildman–Crippen MR) is 77.0 cm³/mol. The standard InChI is InChI=1S/C15H12BNO2/c18-16(19)13-8-6-12-7-9-14(17-15(12)10-13)11-4-2-1-3-5-11/h1-10,18-19H. The first-order valence-corrected chi connectivity index (χ1v) is 6.06. The van der Waals surface area contributed by atoms with Gasteiger partial charge < -0.3 is 10.0 Å². The molecule has 0 atom stereocenters. The lowest BCUT2D eigenvalue weighted by atomic mass is 9.80. The van der Waals surface area contributed by atoms with E-state index < -0.39 is 7.12 Å². The molecule has 0 spiro atoms. The summed E-state index contributed by atoms with van der Waals surface area (Å²) in [6.07, 6.45) is 0. The Hall–Kier alpha value is -2.17. The number of pyridine rings is 1. The van der Waals surface area contributed by atoms with Crippen molar-refractivity contribution in [3.63, 3.8) is 0 Å². The Morgan fingerprint density at radius 2 is 1.58 bits per heavy atom. The van der Waals surface area contributed by atoms with Crippen LogP contribution in [0.5, 0.6) is 0 Å². The summed E-state index contributed by atoms with van der Waals surface area (Å²) in [7, 11) is -1.47. The average Bonchev–Trinajstić information content (AvgIpc) is 2.47. The molecule has 2 N–H and O–H groups in total. The van der Waals surface area contributed by atoms with Crippen LogP contribution < -0.4 is 5.46 Å². The van der Waals surface area contributed by atoms with Gasteiger partial charge in [0.25, 0.3) is 0 Å². The van der Waals surface area contributed by atoms with Crippen molar-refractivity contribution in [2.24, 2.45) is 0 Å². The van der Waals surface area contributed by atoms with E-state index in [-0.39, 0.29) is 0 Å². The second-order valence-corrected chi connectivity index (χ2v) is 4.39. The van der Waals surface area contributed by atoms with Gasteiger partial charge >= 0.3 is 7.12 Å². The lowest BCUT2D eigenvalue weighted by molar-refractivity contribution is 0.426. The van der Waals surface area contributed by atoms with Gasteiger partial charge in [0.1, 0.15) is 0 Å². The van der Waals surface area contributed by atoms with Crippen molar-refractivity contribution in [3.8, 4) is 11.3 Å². The van der Waals surface area contributed by atoms with Gasteiger partial charge in [0, 0.05) is 10.9 Å². The van der Waals surface area contributed by atoms with Crippen LogP contribution in [-0.4, -0.2) is 22.2 Å². The molecule has 92 valence electrons. The number of hydrogen-bond acceptors (Lipinski definition) is 3. The van der Waals surface area contributed by atoms with E-state index in [2.05, 4.69) is 4.98 Å². The number of hydrogen-bond donors (Lipinski definition) is 2. The van der Waals surface area contributed by atoms with Crippen molar-refractivity contribution in [2.45, 2.75) is 0 Å². The number of rotatable bonds is 2. The molecule has 0 amide bonds. The zero-order valence-electron chi connectivity index (χ0n) is 10.2. The highest BCUT2D eigenvalue weighted by atomic mass is 16.4. The minimum absolute atomic E-state index is 0.449. The van der Waals surface area contributed by atoms with Crippen LogP contribution in [-0.2, 0) is 0 Å². The van der Waals surface area contributed by atoms with E-state index in [0.29, 0.717) is 5.46 Å². The Bertz CT molecular complexity index is 714. The summed E-state index contributed by atoms with van der Waals surface area (Å²) in [5.41, 5.74) is 3.12. The molecule has 4 heteroatoms. The van der Waals surface area contributed by atoms with Gasteiger partial charge in [-0.15, -0.1) is 0 Å². The molecular weight excluding hydrogens is 237 g/mol. The van der Waals surface area contributed by atoms with Crippen LogP contribution in [0.15, 0.2) is 60.7 Å². The molecule has 0 radical (unpaired) electrons. The third-order valence-electron chi connectivity index (χ3n) is 3.08. The fraction of sp³-hybridized carbons (Fsp3) is 0. The lowest BCUT2D eigenvalue weighted by Crippen LogP contribution is -2.29. The van der Waals surface area contributed by atoms with Gasteiger partial charge in [0.15, 0.2) is 0 Å². The van der Waals surface area contributed by atoms with Crippen LogP contribution in [0.2, 0.25) is 0 Å². The van der Waals surface area contributed by atoms with Crippen molar-refractivity contribution in [1.29, 1.82) is 0 Å². The van der Waals surface area contributed by atoms with Crippen molar-refractivity contribution in [1.82, 2.24) is 4.98 Å². The molecule has 0 saturated carbocycles. The Morgan fingerprint density at radius 3 is 2.32 bits per heavy atom. The molecule has 0 fully saturated rings. The highest BCUT2D eigenvalue weighted by Crippen LogP contribution is 2.20. The first-order chi connectivity index (χ1) is 9.24. The Morgan fingerprint density at radius 1 is 0.842 bits per heavy atom. The van der Waals surface area contributed by atoms with Crippen LogP contribution in [0.25, 0.3) is 22.2 Å². The topological polar surface area (TPSA) is 53.4 Å². The van der Waals surface area contributed by atoms with Gasteiger partial charge in [-0.2, -0.15) is 0 Å². The van der Waals surface area contributed by atoms with Gasteiger partial charge in [-0.3, -0.25) is 0 Å². The van der Waals surface area contributed by atoms with Crippen molar-refractivity contribution in [2.75, 3.05) is 0 Å². The molecule has 0 unspecified atom stereocenters. The first kappa shape index (κ1) is 11.9. The average molecular weight is 249 g/mol. The van der Waals surface area contributed by atoms with E-state index in [1.807, 2.05) is 48.5 Å². The van der Waals surface area contributed by atoms with Gasteiger partial charge in [0.2, 0.25) is 0 Å². The molecule has 1 heterocycles. The van der Waals surface area contributed by atoms with Crippen LogP contribution in [0.3, 0.4) is 0 Å². The second kappa shape index (κ2) is 4.84. The molecule has 0 aliphatic carbocycles. The Kier molecular flexibility index (Phi) is 3.03. The monoisotopic (exact) mass is 249 g/mol. The molecule has 0 aliphatic heterocycles. The third kappa shape index (κ3) is 2.36. The third-order valence-corrected chi connectivity index (χ3v) is 3.08. The van der Waals surface area contributed by atoms with Gasteiger partial charge in [-0.25, -0.2) is 4.98 Å². The number of aromatic nitrogens is 1. The van der Waals surface area contributed by atoms with Gasteiger partial charge in [-0.1, -0.05) is 48.5 Å². The van der Waals surface area contributed by atoms with E-state index >= 15 is 0 Å². The zero-order chi connectivity index (χ0) is 13.2. The summed E-state index contributed by atoms with van der Waals surface area (Å²) in [6, 6.07) is 19.1. The molecular formula is C15H12BNO2. The van der Waals surface area contributed by atoms with E-state index in [1.54, 1.807) is 12.1 Å². The minimum Gasteiger partial charge on any atom is -0.423 e. The maximum atomic E-state index is 9.20. The highest BCUT2D eigenvalue weighted by molar-refractivity contribution is 6.58. The van der Waals surface area contributed by atoms with Crippen molar-refractivity contribution >= 4 is 23.5 Å². The first-order valence-electron chi connectivity index (χ1n) is 6.06. The molecule has 0 aliphatic rings. The highest BCUT2D eigenvalue weighted by Gasteiger charge is 2.11. The summed E-state index contributed by atoms with van der Waals surface area (Å²) >= 11 is 0. The van der Waals surface area contributed by atoms with Crippen LogP contribution >= 0.6 is 0 Å². The Labute approximate surface area is 111 Å². The second-order valence-electron chi connectivity index (χ2n) is 4.39. The maximum absolute atomic E-state index is 9.20. The van der Waals surface area contributed by atoms with Crippen molar-refractivity contribution in [3.05, 3.63) is 60.7 Å². The smallest absolute Gasteiger partial charge is 0.423 e. The zero-order valence-corrected chi connectivity index (χ0v) is 10.2. The lowest BCUT2D eigenvalue weighted by Gasteiger charge is -2.05.